The molecule has 3 amide bonds. The summed E-state index contributed by atoms with van der Waals surface area (Å²) in [5.41, 5.74) is 5.23. The van der Waals surface area contributed by atoms with E-state index in [1.807, 2.05) is 0 Å². The lowest BCUT2D eigenvalue weighted by Crippen LogP contribution is -2.60. The molecule has 26 heavy (non-hydrogen) atoms. The predicted molar refractivity (Wildman–Crippen MR) is 93.8 cm³/mol. The number of amides is 3. The molecule has 0 rings (SSSR count). The zero-order valence-electron chi connectivity index (χ0n) is 15.8. The highest BCUT2D eigenvalue weighted by Crippen LogP contribution is 2.06. The molecular weight excluding hydrogens is 344 g/mol. The highest BCUT2D eigenvalue weighted by molar-refractivity contribution is 5.94. The summed E-state index contributed by atoms with van der Waals surface area (Å²) in [7, 11) is 0. The van der Waals surface area contributed by atoms with Gasteiger partial charge in [0.2, 0.25) is 17.7 Å². The fraction of sp³-hybridized carbons (Fsp3) is 0.750. The number of aliphatic hydroxyl groups excluding tert-OH is 1. The first-order valence-corrected chi connectivity index (χ1v) is 8.43. The Bertz CT molecular complexity index is 521. The first kappa shape index (κ1) is 23.8. The highest BCUT2D eigenvalue weighted by atomic mass is 16.4. The Kier molecular flexibility index (Phi) is 9.81. The van der Waals surface area contributed by atoms with E-state index in [4.69, 9.17) is 10.8 Å². The van der Waals surface area contributed by atoms with E-state index in [-0.39, 0.29) is 12.5 Å². The molecule has 0 aliphatic carbocycles. The van der Waals surface area contributed by atoms with Crippen LogP contribution in [-0.4, -0.2) is 64.7 Å². The Hall–Kier alpha value is -2.20. The van der Waals surface area contributed by atoms with Crippen LogP contribution in [0.15, 0.2) is 0 Å². The molecule has 0 aromatic rings. The van der Waals surface area contributed by atoms with E-state index in [1.165, 1.54) is 6.92 Å². The van der Waals surface area contributed by atoms with E-state index in [2.05, 4.69) is 16.0 Å². The molecular formula is C16H30N4O6. The monoisotopic (exact) mass is 374 g/mol. The van der Waals surface area contributed by atoms with Gasteiger partial charge in [-0.1, -0.05) is 27.7 Å². The molecule has 0 aromatic heterocycles. The van der Waals surface area contributed by atoms with Crippen LogP contribution in [0.25, 0.3) is 0 Å². The molecule has 0 aliphatic heterocycles. The lowest BCUT2D eigenvalue weighted by atomic mass is 10.0. The van der Waals surface area contributed by atoms with Crippen LogP contribution in [0.4, 0.5) is 0 Å². The summed E-state index contributed by atoms with van der Waals surface area (Å²) < 4.78 is 0. The molecule has 4 atom stereocenters. The third kappa shape index (κ3) is 7.36. The maximum Gasteiger partial charge on any atom is 0.326 e. The van der Waals surface area contributed by atoms with Gasteiger partial charge < -0.3 is 31.9 Å². The van der Waals surface area contributed by atoms with Crippen molar-refractivity contribution < 1.29 is 29.4 Å². The van der Waals surface area contributed by atoms with Crippen molar-refractivity contribution in [2.45, 2.75) is 58.8 Å². The van der Waals surface area contributed by atoms with Crippen LogP contribution >= 0.6 is 0 Å². The van der Waals surface area contributed by atoms with Gasteiger partial charge >= 0.3 is 5.97 Å². The second-order valence-corrected chi connectivity index (χ2v) is 6.79. The van der Waals surface area contributed by atoms with Crippen molar-refractivity contribution >= 4 is 23.7 Å². The number of hydrogen-bond acceptors (Lipinski definition) is 6. The Morgan fingerprint density at radius 1 is 0.808 bits per heavy atom. The fourth-order valence-corrected chi connectivity index (χ4v) is 2.17. The van der Waals surface area contributed by atoms with Gasteiger partial charge in [0.25, 0.3) is 0 Å². The Morgan fingerprint density at radius 2 is 1.23 bits per heavy atom. The van der Waals surface area contributed by atoms with Crippen LogP contribution in [0, 0.1) is 11.8 Å². The van der Waals surface area contributed by atoms with Crippen LogP contribution in [0.3, 0.4) is 0 Å². The van der Waals surface area contributed by atoms with E-state index in [0.717, 1.165) is 0 Å². The van der Waals surface area contributed by atoms with Gasteiger partial charge in [-0.25, -0.2) is 4.79 Å². The van der Waals surface area contributed by atoms with Gasteiger partial charge in [0.05, 0.1) is 12.6 Å². The smallest absolute Gasteiger partial charge is 0.326 e. The number of aliphatic hydroxyl groups is 1. The van der Waals surface area contributed by atoms with Gasteiger partial charge in [-0.15, -0.1) is 0 Å². The van der Waals surface area contributed by atoms with Crippen molar-refractivity contribution in [2.24, 2.45) is 17.6 Å². The maximum absolute atomic E-state index is 12.4. The van der Waals surface area contributed by atoms with Crippen molar-refractivity contribution in [3.8, 4) is 0 Å². The van der Waals surface area contributed by atoms with Crippen molar-refractivity contribution in [2.75, 3.05) is 6.54 Å². The fourth-order valence-electron chi connectivity index (χ4n) is 2.17. The second kappa shape index (κ2) is 10.7. The molecule has 0 radical (unpaired) electrons. The molecule has 0 spiro atoms. The summed E-state index contributed by atoms with van der Waals surface area (Å²) in [5, 5.41) is 26.1. The lowest BCUT2D eigenvalue weighted by Gasteiger charge is -2.28. The summed E-state index contributed by atoms with van der Waals surface area (Å²) in [6, 6.07) is -3.50. The van der Waals surface area contributed by atoms with Crippen LogP contribution in [-0.2, 0) is 19.2 Å². The number of rotatable bonds is 10. The van der Waals surface area contributed by atoms with E-state index in [9.17, 15) is 24.3 Å². The van der Waals surface area contributed by atoms with Crippen molar-refractivity contribution in [3.05, 3.63) is 0 Å². The summed E-state index contributed by atoms with van der Waals surface area (Å²) in [6.07, 6.45) is -1.28. The number of aliphatic carboxylic acids is 1. The first-order valence-electron chi connectivity index (χ1n) is 8.43. The van der Waals surface area contributed by atoms with Crippen molar-refractivity contribution in [1.82, 2.24) is 16.0 Å². The van der Waals surface area contributed by atoms with Gasteiger partial charge in [0, 0.05) is 0 Å². The number of hydrogen-bond donors (Lipinski definition) is 6. The van der Waals surface area contributed by atoms with Gasteiger partial charge in [-0.2, -0.15) is 0 Å². The van der Waals surface area contributed by atoms with Crippen molar-refractivity contribution in [1.29, 1.82) is 0 Å². The highest BCUT2D eigenvalue weighted by Gasteiger charge is 2.33. The van der Waals surface area contributed by atoms with Crippen LogP contribution in [0.5, 0.6) is 0 Å². The molecule has 150 valence electrons. The quantitative estimate of drug-likeness (QED) is 0.261. The molecule has 0 aliphatic rings. The maximum atomic E-state index is 12.4. The molecule has 10 heteroatoms. The normalized spacial score (nSPS) is 15.7. The zero-order valence-corrected chi connectivity index (χ0v) is 15.8. The standard InChI is InChI=1S/C16H30N4O6/c1-7(2)11(18-10(22)6-17)14(23)20-13(9(5)21)15(24)19-12(8(3)4)16(25)26/h7-9,11-13,21H,6,17H2,1-5H3,(H,18,22)(H,19,24)(H,20,23)(H,25,26). The Morgan fingerprint density at radius 3 is 1.58 bits per heavy atom. The third-order valence-corrected chi connectivity index (χ3v) is 3.74. The average Bonchev–Trinajstić information content (AvgIpc) is 2.53. The Balaban J connectivity index is 5.25. The largest absolute Gasteiger partial charge is 0.480 e. The molecule has 0 aromatic carbocycles. The predicted octanol–water partition coefficient (Wildman–Crippen LogP) is -1.82. The second-order valence-electron chi connectivity index (χ2n) is 6.79. The number of carboxylic acid groups (broad SMARTS) is 1. The zero-order chi connectivity index (χ0) is 20.6. The van der Waals surface area contributed by atoms with E-state index in [0.29, 0.717) is 0 Å². The molecule has 0 saturated heterocycles. The number of carbonyl (C=O) groups is 4. The Labute approximate surface area is 152 Å². The van der Waals surface area contributed by atoms with E-state index < -0.39 is 53.8 Å². The average molecular weight is 374 g/mol. The third-order valence-electron chi connectivity index (χ3n) is 3.74. The van der Waals surface area contributed by atoms with Crippen molar-refractivity contribution in [3.63, 3.8) is 0 Å². The van der Waals surface area contributed by atoms with Crippen LogP contribution in [0.1, 0.15) is 34.6 Å². The summed E-state index contributed by atoms with van der Waals surface area (Å²) in [4.78, 5) is 47.5. The molecule has 0 fully saturated rings. The van der Waals surface area contributed by atoms with Crippen LogP contribution in [0.2, 0.25) is 0 Å². The lowest BCUT2D eigenvalue weighted by molar-refractivity contribution is -0.144. The molecule has 7 N–H and O–H groups in total. The number of carboxylic acids is 1. The SMILES string of the molecule is CC(C)C(NC(=O)C(NC(=O)C(NC(=O)CN)C(C)C)C(C)O)C(=O)O. The molecule has 0 heterocycles. The van der Waals surface area contributed by atoms with Gasteiger partial charge in [-0.3, -0.25) is 14.4 Å². The van der Waals surface area contributed by atoms with E-state index >= 15 is 0 Å². The number of carbonyl (C=O) groups excluding carboxylic acids is 3. The van der Waals surface area contributed by atoms with Gasteiger partial charge in [0.1, 0.15) is 18.1 Å². The molecule has 0 bridgehead atoms. The van der Waals surface area contributed by atoms with Gasteiger partial charge in [-0.05, 0) is 18.8 Å². The summed E-state index contributed by atoms with van der Waals surface area (Å²) >= 11 is 0. The summed E-state index contributed by atoms with van der Waals surface area (Å²) in [6.45, 7) is 7.61. The number of nitrogens with two attached hydrogens (primary N) is 1. The minimum atomic E-state index is -1.38. The minimum Gasteiger partial charge on any atom is -0.480 e. The van der Waals surface area contributed by atoms with Crippen LogP contribution < -0.4 is 21.7 Å². The molecule has 0 saturated carbocycles. The minimum absolute atomic E-state index is 0.300. The molecule has 4 unspecified atom stereocenters. The molecule has 10 nitrogen and oxygen atoms in total. The van der Waals surface area contributed by atoms with Gasteiger partial charge in [0.15, 0.2) is 0 Å². The summed E-state index contributed by atoms with van der Waals surface area (Å²) in [5.74, 6) is -3.97. The first-order chi connectivity index (χ1) is 11.9. The topological polar surface area (TPSA) is 171 Å². The number of nitrogens with one attached hydrogen (secondary N) is 3. The van der Waals surface area contributed by atoms with E-state index in [1.54, 1.807) is 27.7 Å².